The van der Waals surface area contributed by atoms with Crippen molar-refractivity contribution in [1.29, 1.82) is 0 Å². The van der Waals surface area contributed by atoms with Crippen molar-refractivity contribution in [2.45, 2.75) is 32.7 Å². The predicted molar refractivity (Wildman–Crippen MR) is 72.6 cm³/mol. The van der Waals surface area contributed by atoms with Gasteiger partial charge < -0.3 is 14.8 Å². The van der Waals surface area contributed by atoms with E-state index in [9.17, 15) is 4.79 Å². The van der Waals surface area contributed by atoms with Gasteiger partial charge in [-0.3, -0.25) is 0 Å². The van der Waals surface area contributed by atoms with Crippen molar-refractivity contribution in [3.63, 3.8) is 0 Å². The van der Waals surface area contributed by atoms with Crippen LogP contribution in [0.1, 0.15) is 37.0 Å². The van der Waals surface area contributed by atoms with Gasteiger partial charge in [0, 0.05) is 18.3 Å². The maximum atomic E-state index is 11.9. The van der Waals surface area contributed by atoms with Crippen LogP contribution in [0.25, 0.3) is 0 Å². The van der Waals surface area contributed by atoms with Gasteiger partial charge in [-0.05, 0) is 18.8 Å². The maximum Gasteiger partial charge on any atom is 0.343 e. The largest absolute Gasteiger partial charge is 0.496 e. The van der Waals surface area contributed by atoms with Crippen LogP contribution < -0.4 is 10.1 Å². The van der Waals surface area contributed by atoms with Crippen LogP contribution in [0.15, 0.2) is 12.3 Å². The molecule has 1 aromatic rings. The number of hydrogen-bond donors (Lipinski definition) is 1. The average molecular weight is 264 g/mol. The third-order valence-corrected chi connectivity index (χ3v) is 2.78. The van der Waals surface area contributed by atoms with Crippen LogP contribution in [-0.4, -0.2) is 30.7 Å². The monoisotopic (exact) mass is 264 g/mol. The van der Waals surface area contributed by atoms with Crippen molar-refractivity contribution in [3.8, 4) is 5.75 Å². The number of hydrogen-bond acceptors (Lipinski definition) is 5. The fourth-order valence-electron chi connectivity index (χ4n) is 1.59. The molecule has 1 heterocycles. The van der Waals surface area contributed by atoms with E-state index in [0.29, 0.717) is 29.9 Å². The van der Waals surface area contributed by atoms with E-state index in [-0.39, 0.29) is 0 Å². The summed E-state index contributed by atoms with van der Waals surface area (Å²) in [5.41, 5.74) is 0.365. The van der Waals surface area contributed by atoms with Gasteiger partial charge in [0.15, 0.2) is 0 Å². The van der Waals surface area contributed by atoms with E-state index in [2.05, 4.69) is 10.3 Å². The molecule has 1 fully saturated rings. The Labute approximate surface area is 113 Å². The van der Waals surface area contributed by atoms with E-state index in [0.717, 1.165) is 5.82 Å². The molecule has 0 unspecified atom stereocenters. The second kappa shape index (κ2) is 5.91. The number of pyridine rings is 1. The Morgan fingerprint density at radius 1 is 1.53 bits per heavy atom. The molecular formula is C14H20N2O3. The number of nitrogens with one attached hydrogen (secondary N) is 1. The van der Waals surface area contributed by atoms with Crippen LogP contribution in [-0.2, 0) is 4.74 Å². The Balaban J connectivity index is 2.08. The van der Waals surface area contributed by atoms with Gasteiger partial charge >= 0.3 is 5.97 Å². The standard InChI is InChI=1S/C14H20N2O3/c1-9(2)8-19-14(17)11-7-15-13(6-12(11)18-3)16-10-4-5-10/h6-7,9-10H,4-5,8H2,1-3H3,(H,15,16). The quantitative estimate of drug-likeness (QED) is 0.800. The minimum atomic E-state index is -0.393. The number of ether oxygens (including phenoxy) is 2. The number of anilines is 1. The molecule has 5 nitrogen and oxygen atoms in total. The van der Waals surface area contributed by atoms with E-state index in [1.807, 2.05) is 13.8 Å². The van der Waals surface area contributed by atoms with Crippen LogP contribution in [0.3, 0.4) is 0 Å². The van der Waals surface area contributed by atoms with Gasteiger partial charge in [-0.1, -0.05) is 13.8 Å². The molecule has 0 amide bonds. The van der Waals surface area contributed by atoms with Gasteiger partial charge in [-0.2, -0.15) is 0 Å². The zero-order chi connectivity index (χ0) is 13.8. The second-order valence-corrected chi connectivity index (χ2v) is 5.18. The van der Waals surface area contributed by atoms with Crippen molar-refractivity contribution in [2.75, 3.05) is 19.0 Å². The average Bonchev–Trinajstić information content (AvgIpc) is 3.19. The molecule has 0 aliphatic heterocycles. The van der Waals surface area contributed by atoms with Crippen molar-refractivity contribution in [3.05, 3.63) is 17.8 Å². The van der Waals surface area contributed by atoms with Gasteiger partial charge in [-0.15, -0.1) is 0 Å². The van der Waals surface area contributed by atoms with Crippen molar-refractivity contribution in [1.82, 2.24) is 4.98 Å². The second-order valence-electron chi connectivity index (χ2n) is 5.18. The summed E-state index contributed by atoms with van der Waals surface area (Å²) in [5.74, 6) is 1.14. The Kier molecular flexibility index (Phi) is 4.24. The van der Waals surface area contributed by atoms with Gasteiger partial charge in [0.2, 0.25) is 0 Å². The van der Waals surface area contributed by atoms with Crippen molar-refractivity contribution < 1.29 is 14.3 Å². The normalized spacial score (nSPS) is 14.3. The van der Waals surface area contributed by atoms with E-state index in [4.69, 9.17) is 9.47 Å². The van der Waals surface area contributed by atoms with Crippen LogP contribution in [0.5, 0.6) is 5.75 Å². The van der Waals surface area contributed by atoms with E-state index < -0.39 is 5.97 Å². The molecule has 1 N–H and O–H groups in total. The molecule has 0 bridgehead atoms. The molecule has 0 spiro atoms. The molecule has 1 aliphatic rings. The summed E-state index contributed by atoms with van der Waals surface area (Å²) in [6.45, 7) is 4.38. The summed E-state index contributed by atoms with van der Waals surface area (Å²) in [6.07, 6.45) is 3.84. The predicted octanol–water partition coefficient (Wildman–Crippen LogP) is 2.48. The summed E-state index contributed by atoms with van der Waals surface area (Å²) in [7, 11) is 1.54. The molecule has 0 saturated heterocycles. The molecule has 104 valence electrons. The molecular weight excluding hydrogens is 244 g/mol. The third-order valence-electron chi connectivity index (χ3n) is 2.78. The summed E-state index contributed by atoms with van der Waals surface area (Å²) >= 11 is 0. The SMILES string of the molecule is COc1cc(NC2CC2)ncc1C(=O)OCC(C)C. The van der Waals surface area contributed by atoms with Gasteiger partial charge in [0.25, 0.3) is 0 Å². The number of esters is 1. The summed E-state index contributed by atoms with van der Waals surface area (Å²) in [6, 6.07) is 2.25. The first-order chi connectivity index (χ1) is 9.10. The highest BCUT2D eigenvalue weighted by atomic mass is 16.5. The number of methoxy groups -OCH3 is 1. The highest BCUT2D eigenvalue weighted by Gasteiger charge is 2.22. The Morgan fingerprint density at radius 2 is 2.26 bits per heavy atom. The minimum Gasteiger partial charge on any atom is -0.496 e. The van der Waals surface area contributed by atoms with Crippen LogP contribution >= 0.6 is 0 Å². The summed E-state index contributed by atoms with van der Waals surface area (Å²) in [4.78, 5) is 16.1. The molecule has 0 radical (unpaired) electrons. The first-order valence-electron chi connectivity index (χ1n) is 6.58. The molecule has 5 heteroatoms. The first-order valence-corrected chi connectivity index (χ1v) is 6.58. The lowest BCUT2D eigenvalue weighted by atomic mass is 10.2. The minimum absolute atomic E-state index is 0.304. The highest BCUT2D eigenvalue weighted by Crippen LogP contribution is 2.27. The number of aromatic nitrogens is 1. The lowest BCUT2D eigenvalue weighted by molar-refractivity contribution is 0.0455. The number of rotatable bonds is 6. The fourth-order valence-corrected chi connectivity index (χ4v) is 1.59. The van der Waals surface area contributed by atoms with Crippen LogP contribution in [0.2, 0.25) is 0 Å². The van der Waals surface area contributed by atoms with E-state index in [1.54, 1.807) is 6.07 Å². The lowest BCUT2D eigenvalue weighted by Crippen LogP contribution is -2.12. The number of carbonyl (C=O) groups is 1. The van der Waals surface area contributed by atoms with E-state index >= 15 is 0 Å². The Bertz CT molecular complexity index is 456. The zero-order valence-corrected chi connectivity index (χ0v) is 11.6. The lowest BCUT2D eigenvalue weighted by Gasteiger charge is -2.11. The molecule has 1 aliphatic carbocycles. The maximum absolute atomic E-state index is 11.9. The Morgan fingerprint density at radius 3 is 2.84 bits per heavy atom. The summed E-state index contributed by atoms with van der Waals surface area (Å²) < 4.78 is 10.4. The molecule has 19 heavy (non-hydrogen) atoms. The summed E-state index contributed by atoms with van der Waals surface area (Å²) in [5, 5.41) is 3.26. The Hall–Kier alpha value is -1.78. The van der Waals surface area contributed by atoms with Crippen LogP contribution in [0.4, 0.5) is 5.82 Å². The van der Waals surface area contributed by atoms with Gasteiger partial charge in [0.1, 0.15) is 17.1 Å². The molecule has 2 rings (SSSR count). The molecule has 0 atom stereocenters. The first kappa shape index (κ1) is 13.6. The third kappa shape index (κ3) is 3.84. The molecule has 0 aromatic carbocycles. The number of carbonyl (C=O) groups excluding carboxylic acids is 1. The highest BCUT2D eigenvalue weighted by molar-refractivity contribution is 5.92. The number of nitrogens with zero attached hydrogens (tertiary/aromatic N) is 1. The van der Waals surface area contributed by atoms with Crippen molar-refractivity contribution in [2.24, 2.45) is 5.92 Å². The van der Waals surface area contributed by atoms with Gasteiger partial charge in [0.05, 0.1) is 13.7 Å². The van der Waals surface area contributed by atoms with Crippen molar-refractivity contribution >= 4 is 11.8 Å². The van der Waals surface area contributed by atoms with Gasteiger partial charge in [-0.25, -0.2) is 9.78 Å². The zero-order valence-electron chi connectivity index (χ0n) is 11.6. The molecule has 1 aromatic heterocycles. The fraction of sp³-hybridized carbons (Fsp3) is 0.571. The molecule has 1 saturated carbocycles. The van der Waals surface area contributed by atoms with E-state index in [1.165, 1.54) is 26.1 Å². The van der Waals surface area contributed by atoms with Crippen LogP contribution in [0, 0.1) is 5.92 Å². The topological polar surface area (TPSA) is 60.5 Å². The smallest absolute Gasteiger partial charge is 0.343 e.